The minimum atomic E-state index is -0.342. The Hall–Kier alpha value is -1.43. The second-order valence-electron chi connectivity index (χ2n) is 2.83. The predicted octanol–water partition coefficient (Wildman–Crippen LogP) is 0.229. The molecule has 0 aliphatic rings. The van der Waals surface area contributed by atoms with E-state index in [4.69, 9.17) is 10.3 Å². The van der Waals surface area contributed by atoms with Crippen LogP contribution in [0.4, 0.5) is 0 Å². The summed E-state index contributed by atoms with van der Waals surface area (Å²) < 4.78 is 4.84. The minimum Gasteiger partial charge on any atom is -0.349 e. The number of carbonyl (C=O) groups excluding carboxylic acids is 1. The Labute approximate surface area is 81.9 Å². The Morgan fingerprint density at radius 1 is 1.64 bits per heavy atom. The van der Waals surface area contributed by atoms with Gasteiger partial charge in [0.05, 0.1) is 6.04 Å². The van der Waals surface area contributed by atoms with Crippen molar-refractivity contribution in [3.8, 4) is 0 Å². The van der Waals surface area contributed by atoms with E-state index in [0.717, 1.165) is 0 Å². The van der Waals surface area contributed by atoms with Gasteiger partial charge in [-0.25, -0.2) is 0 Å². The average Bonchev–Trinajstić information content (AvgIpc) is 2.66. The van der Waals surface area contributed by atoms with Gasteiger partial charge in [0.15, 0.2) is 0 Å². The van der Waals surface area contributed by atoms with E-state index in [-0.39, 0.29) is 17.8 Å². The number of rotatable bonds is 4. The van der Waals surface area contributed by atoms with E-state index in [0.29, 0.717) is 18.9 Å². The van der Waals surface area contributed by atoms with Gasteiger partial charge in [0.25, 0.3) is 11.7 Å². The van der Waals surface area contributed by atoms with Gasteiger partial charge < -0.3 is 15.6 Å². The normalized spacial score (nSPS) is 12.5. The fourth-order valence-electron chi connectivity index (χ4n) is 0.892. The van der Waals surface area contributed by atoms with Crippen LogP contribution in [0, 0.1) is 0 Å². The van der Waals surface area contributed by atoms with Gasteiger partial charge in [-0.15, -0.1) is 0 Å². The minimum absolute atomic E-state index is 0.0331. The van der Waals surface area contributed by atoms with Gasteiger partial charge in [-0.05, 0) is 13.3 Å². The first-order chi connectivity index (χ1) is 6.69. The lowest BCUT2D eigenvalue weighted by molar-refractivity contribution is 0.0942. The van der Waals surface area contributed by atoms with Crippen molar-refractivity contribution in [2.24, 2.45) is 5.73 Å². The molecule has 14 heavy (non-hydrogen) atoms. The molecule has 1 heterocycles. The molecule has 0 aliphatic carbocycles. The molecule has 6 nitrogen and oxygen atoms in total. The molecule has 6 heteroatoms. The van der Waals surface area contributed by atoms with Crippen molar-refractivity contribution >= 4 is 5.91 Å². The van der Waals surface area contributed by atoms with Crippen molar-refractivity contribution in [3.05, 3.63) is 11.7 Å². The molecule has 0 radical (unpaired) electrons. The average molecular weight is 198 g/mol. The third-order valence-corrected chi connectivity index (χ3v) is 1.74. The van der Waals surface area contributed by atoms with E-state index in [1.54, 1.807) is 0 Å². The van der Waals surface area contributed by atoms with E-state index >= 15 is 0 Å². The van der Waals surface area contributed by atoms with Crippen molar-refractivity contribution in [1.29, 1.82) is 0 Å². The molecule has 0 spiro atoms. The summed E-state index contributed by atoms with van der Waals surface area (Å²) in [5, 5.41) is 6.09. The van der Waals surface area contributed by atoms with Gasteiger partial charge in [0.1, 0.15) is 0 Å². The number of amides is 1. The summed E-state index contributed by atoms with van der Waals surface area (Å²) in [4.78, 5) is 15.1. The molecule has 1 aromatic rings. The second-order valence-corrected chi connectivity index (χ2v) is 2.83. The summed E-state index contributed by atoms with van der Waals surface area (Å²) in [5.41, 5.74) is 5.65. The van der Waals surface area contributed by atoms with E-state index < -0.39 is 0 Å². The first kappa shape index (κ1) is 10.6. The van der Waals surface area contributed by atoms with Gasteiger partial charge in [-0.1, -0.05) is 12.1 Å². The number of carbonyl (C=O) groups is 1. The summed E-state index contributed by atoms with van der Waals surface area (Å²) in [7, 11) is 0. The maximum atomic E-state index is 11.2. The van der Waals surface area contributed by atoms with Crippen molar-refractivity contribution < 1.29 is 9.32 Å². The Morgan fingerprint density at radius 2 is 2.36 bits per heavy atom. The first-order valence-electron chi connectivity index (χ1n) is 4.56. The fourth-order valence-corrected chi connectivity index (χ4v) is 0.892. The summed E-state index contributed by atoms with van der Waals surface area (Å²) in [6.45, 7) is 4.25. The Balaban J connectivity index is 2.72. The number of nitrogens with zero attached hydrogens (tertiary/aromatic N) is 2. The molecule has 78 valence electrons. The highest BCUT2D eigenvalue weighted by Gasteiger charge is 2.16. The SMILES string of the molecule is CCNC(=O)c1noc([C@@H](N)CC)n1. The second kappa shape index (κ2) is 4.71. The van der Waals surface area contributed by atoms with Crippen molar-refractivity contribution in [2.45, 2.75) is 26.3 Å². The Morgan fingerprint density at radius 3 is 2.93 bits per heavy atom. The van der Waals surface area contributed by atoms with Gasteiger partial charge in [-0.2, -0.15) is 4.98 Å². The predicted molar refractivity (Wildman–Crippen MR) is 49.5 cm³/mol. The third kappa shape index (κ3) is 2.29. The molecule has 0 saturated heterocycles. The highest BCUT2D eigenvalue weighted by atomic mass is 16.5. The van der Waals surface area contributed by atoms with Crippen molar-refractivity contribution in [2.75, 3.05) is 6.54 Å². The molecule has 0 aromatic carbocycles. The summed E-state index contributed by atoms with van der Waals surface area (Å²) in [6, 6.07) is -0.300. The van der Waals surface area contributed by atoms with E-state index in [1.165, 1.54) is 0 Å². The molecule has 0 aliphatic heterocycles. The van der Waals surface area contributed by atoms with Gasteiger partial charge >= 0.3 is 0 Å². The molecule has 0 bridgehead atoms. The zero-order valence-corrected chi connectivity index (χ0v) is 8.28. The molecule has 1 amide bonds. The highest BCUT2D eigenvalue weighted by molar-refractivity contribution is 5.90. The van der Waals surface area contributed by atoms with Gasteiger partial charge in [0.2, 0.25) is 5.89 Å². The molecule has 1 rings (SSSR count). The largest absolute Gasteiger partial charge is 0.349 e. The van der Waals surface area contributed by atoms with Crippen molar-refractivity contribution in [1.82, 2.24) is 15.5 Å². The van der Waals surface area contributed by atoms with Crippen LogP contribution in [-0.4, -0.2) is 22.6 Å². The van der Waals surface area contributed by atoms with E-state index in [9.17, 15) is 4.79 Å². The molecule has 1 aromatic heterocycles. The van der Waals surface area contributed by atoms with Crippen LogP contribution in [0.5, 0.6) is 0 Å². The standard InChI is InChI=1S/C8H14N4O2/c1-3-5(9)8-11-6(12-14-8)7(13)10-4-2/h5H,3-4,9H2,1-2H3,(H,10,13)/t5-/m0/s1. The number of nitrogens with one attached hydrogen (secondary N) is 1. The maximum absolute atomic E-state index is 11.2. The summed E-state index contributed by atoms with van der Waals surface area (Å²) >= 11 is 0. The van der Waals surface area contributed by atoms with Crippen LogP contribution < -0.4 is 11.1 Å². The quantitative estimate of drug-likeness (QED) is 0.722. The smallest absolute Gasteiger partial charge is 0.292 e. The topological polar surface area (TPSA) is 94.0 Å². The monoisotopic (exact) mass is 198 g/mol. The van der Waals surface area contributed by atoms with Crippen LogP contribution in [0.1, 0.15) is 42.8 Å². The summed E-state index contributed by atoms with van der Waals surface area (Å²) in [6.07, 6.45) is 0.691. The molecule has 0 unspecified atom stereocenters. The highest BCUT2D eigenvalue weighted by Crippen LogP contribution is 2.10. The van der Waals surface area contributed by atoms with Crippen LogP contribution in [0.2, 0.25) is 0 Å². The first-order valence-corrected chi connectivity index (χ1v) is 4.56. The van der Waals surface area contributed by atoms with Crippen LogP contribution >= 0.6 is 0 Å². The van der Waals surface area contributed by atoms with Crippen LogP contribution in [0.3, 0.4) is 0 Å². The lowest BCUT2D eigenvalue weighted by atomic mass is 10.2. The molecular weight excluding hydrogens is 184 g/mol. The summed E-state index contributed by atoms with van der Waals surface area (Å²) in [5.74, 6) is -0.00898. The molecule has 1 atom stereocenters. The lowest BCUT2D eigenvalue weighted by Gasteiger charge is -1.99. The van der Waals surface area contributed by atoms with Gasteiger partial charge in [-0.3, -0.25) is 4.79 Å². The number of aromatic nitrogens is 2. The number of nitrogens with two attached hydrogens (primary N) is 1. The van der Waals surface area contributed by atoms with Crippen molar-refractivity contribution in [3.63, 3.8) is 0 Å². The zero-order valence-electron chi connectivity index (χ0n) is 8.28. The van der Waals surface area contributed by atoms with E-state index in [2.05, 4.69) is 15.5 Å². The maximum Gasteiger partial charge on any atom is 0.292 e. The fraction of sp³-hybridized carbons (Fsp3) is 0.625. The lowest BCUT2D eigenvalue weighted by Crippen LogP contribution is -2.24. The van der Waals surface area contributed by atoms with E-state index in [1.807, 2.05) is 13.8 Å². The van der Waals surface area contributed by atoms with Crippen LogP contribution in [0.25, 0.3) is 0 Å². The van der Waals surface area contributed by atoms with Crippen LogP contribution in [-0.2, 0) is 0 Å². The third-order valence-electron chi connectivity index (χ3n) is 1.74. The van der Waals surface area contributed by atoms with Gasteiger partial charge in [0, 0.05) is 6.54 Å². The zero-order chi connectivity index (χ0) is 10.6. The molecular formula is C8H14N4O2. The number of hydrogen-bond acceptors (Lipinski definition) is 5. The van der Waals surface area contributed by atoms with Crippen LogP contribution in [0.15, 0.2) is 4.52 Å². The number of hydrogen-bond donors (Lipinski definition) is 2. The molecule has 0 saturated carbocycles. The molecule has 3 N–H and O–H groups in total. The molecule has 0 fully saturated rings. The Kier molecular flexibility index (Phi) is 3.58. The Bertz CT molecular complexity index is 310.